The molecule has 0 spiro atoms. The molecule has 170 valence electrons. The van der Waals surface area contributed by atoms with Crippen molar-refractivity contribution in [1.82, 2.24) is 19.3 Å². The molecule has 4 rings (SSSR count). The molecule has 3 aromatic rings. The summed E-state index contributed by atoms with van der Waals surface area (Å²) in [4.78, 5) is 15.5. The third kappa shape index (κ3) is 4.48. The van der Waals surface area contributed by atoms with Crippen molar-refractivity contribution in [2.75, 3.05) is 38.2 Å². The van der Waals surface area contributed by atoms with E-state index in [0.29, 0.717) is 37.7 Å². The molecule has 0 N–H and O–H groups in total. The number of methoxy groups -OCH3 is 1. The molecule has 0 amide bonds. The van der Waals surface area contributed by atoms with E-state index in [-0.39, 0.29) is 10.8 Å². The number of hydrogen-bond acceptors (Lipinski definition) is 8. The lowest BCUT2D eigenvalue weighted by Gasteiger charge is -2.33. The minimum atomic E-state index is -3.61. The molecule has 1 unspecified atom stereocenters. The number of nitrogens with zero attached hydrogens (tertiary/aromatic N) is 5. The lowest BCUT2D eigenvalue weighted by atomic mass is 9.99. The first kappa shape index (κ1) is 22.6. The molecule has 1 aromatic carbocycles. The summed E-state index contributed by atoms with van der Waals surface area (Å²) in [6.07, 6.45) is 1.41. The van der Waals surface area contributed by atoms with Crippen LogP contribution < -0.4 is 9.64 Å². The molecule has 0 bridgehead atoms. The van der Waals surface area contributed by atoms with Gasteiger partial charge in [-0.1, -0.05) is 19.1 Å². The highest BCUT2D eigenvalue weighted by Crippen LogP contribution is 2.31. The summed E-state index contributed by atoms with van der Waals surface area (Å²) in [5.74, 6) is 1.56. The zero-order valence-corrected chi connectivity index (χ0v) is 20.3. The largest absolute Gasteiger partial charge is 0.497 e. The molecule has 8 nitrogen and oxygen atoms in total. The van der Waals surface area contributed by atoms with Crippen LogP contribution in [0.4, 0.5) is 5.13 Å². The van der Waals surface area contributed by atoms with Gasteiger partial charge >= 0.3 is 0 Å². The van der Waals surface area contributed by atoms with E-state index >= 15 is 0 Å². The summed E-state index contributed by atoms with van der Waals surface area (Å²) < 4.78 is 32.9. The maximum atomic E-state index is 13.1. The number of thiazole rings is 1. The Bertz CT molecular complexity index is 1190. The molecular formula is C22H27N5O3S2. The highest BCUT2D eigenvalue weighted by Gasteiger charge is 2.31. The van der Waals surface area contributed by atoms with E-state index in [1.807, 2.05) is 12.1 Å². The second kappa shape index (κ2) is 9.13. The van der Waals surface area contributed by atoms with Crippen molar-refractivity contribution in [2.45, 2.75) is 31.6 Å². The summed E-state index contributed by atoms with van der Waals surface area (Å²) in [5, 5.41) is 3.01. The van der Waals surface area contributed by atoms with Crippen LogP contribution in [0.15, 0.2) is 40.7 Å². The fourth-order valence-electron chi connectivity index (χ4n) is 3.77. The fraction of sp³-hybridized carbons (Fsp3) is 0.409. The number of benzene rings is 1. The number of piperazine rings is 1. The first-order chi connectivity index (χ1) is 15.3. The highest BCUT2D eigenvalue weighted by atomic mass is 32.2. The topological polar surface area (TPSA) is 88.5 Å². The van der Waals surface area contributed by atoms with Crippen molar-refractivity contribution in [2.24, 2.45) is 0 Å². The van der Waals surface area contributed by atoms with Gasteiger partial charge in [-0.15, -0.1) is 11.3 Å². The molecule has 1 aliphatic heterocycles. The van der Waals surface area contributed by atoms with Crippen molar-refractivity contribution >= 4 is 26.5 Å². The van der Waals surface area contributed by atoms with E-state index in [2.05, 4.69) is 39.3 Å². The zero-order chi connectivity index (χ0) is 22.9. The molecule has 10 heteroatoms. The Kier molecular flexibility index (Phi) is 6.45. The van der Waals surface area contributed by atoms with Crippen molar-refractivity contribution in [3.05, 3.63) is 58.6 Å². The summed E-state index contributed by atoms with van der Waals surface area (Å²) in [6.45, 7) is 7.58. The quantitative estimate of drug-likeness (QED) is 0.543. The Hall–Kier alpha value is -2.56. The van der Waals surface area contributed by atoms with E-state index in [9.17, 15) is 8.42 Å². The number of aromatic nitrogens is 3. The maximum Gasteiger partial charge on any atom is 0.246 e. The molecule has 1 aliphatic rings. The van der Waals surface area contributed by atoms with Crippen molar-refractivity contribution in [3.63, 3.8) is 0 Å². The van der Waals surface area contributed by atoms with Gasteiger partial charge < -0.3 is 9.64 Å². The molecule has 1 fully saturated rings. The van der Waals surface area contributed by atoms with Crippen LogP contribution in [-0.2, 0) is 10.0 Å². The third-order valence-corrected chi connectivity index (χ3v) is 8.67. The van der Waals surface area contributed by atoms with Gasteiger partial charge in [0.05, 0.1) is 24.7 Å². The highest BCUT2D eigenvalue weighted by molar-refractivity contribution is 7.89. The SMILES string of the molecule is COc1ccc(C(C)c2csc(N3CCN(S(=O)(=O)c4cnc(C)nc4C)CC3)n2)cc1. The Labute approximate surface area is 193 Å². The Balaban J connectivity index is 1.43. The lowest BCUT2D eigenvalue weighted by Crippen LogP contribution is -2.48. The minimum Gasteiger partial charge on any atom is -0.497 e. The fourth-order valence-corrected chi connectivity index (χ4v) is 6.27. The van der Waals surface area contributed by atoms with E-state index < -0.39 is 10.0 Å². The predicted molar refractivity (Wildman–Crippen MR) is 125 cm³/mol. The molecule has 1 atom stereocenters. The molecule has 3 heterocycles. The van der Waals surface area contributed by atoms with E-state index in [1.54, 1.807) is 32.3 Å². The number of anilines is 1. The minimum absolute atomic E-state index is 0.164. The van der Waals surface area contributed by atoms with Gasteiger partial charge in [0.2, 0.25) is 10.0 Å². The summed E-state index contributed by atoms with van der Waals surface area (Å²) in [6, 6.07) is 8.03. The Morgan fingerprint density at radius 2 is 1.75 bits per heavy atom. The zero-order valence-electron chi connectivity index (χ0n) is 18.6. The molecule has 0 aliphatic carbocycles. The predicted octanol–water partition coefficient (Wildman–Crippen LogP) is 3.22. The molecule has 1 saturated heterocycles. The van der Waals surface area contributed by atoms with Crippen LogP contribution in [0.1, 0.15) is 35.6 Å². The van der Waals surface area contributed by atoms with Crippen LogP contribution in [0.25, 0.3) is 0 Å². The van der Waals surface area contributed by atoms with Gasteiger partial charge in [0, 0.05) is 37.5 Å². The van der Waals surface area contributed by atoms with Gasteiger partial charge in [-0.2, -0.15) is 4.31 Å². The molecule has 0 saturated carbocycles. The van der Waals surface area contributed by atoms with Gasteiger partial charge in [-0.05, 0) is 31.5 Å². The summed E-state index contributed by atoms with van der Waals surface area (Å²) in [7, 11) is -1.95. The number of aryl methyl sites for hydroxylation is 2. The van der Waals surface area contributed by atoms with Crippen molar-refractivity contribution in [1.29, 1.82) is 0 Å². The normalized spacial score (nSPS) is 16.2. The van der Waals surface area contributed by atoms with Gasteiger partial charge in [0.1, 0.15) is 16.5 Å². The number of hydrogen-bond donors (Lipinski definition) is 0. The number of rotatable bonds is 6. The van der Waals surface area contributed by atoms with Gasteiger partial charge in [0.25, 0.3) is 0 Å². The molecule has 2 aromatic heterocycles. The Morgan fingerprint density at radius 1 is 1.06 bits per heavy atom. The average Bonchev–Trinajstić information content (AvgIpc) is 3.29. The van der Waals surface area contributed by atoms with E-state index in [0.717, 1.165) is 16.6 Å². The first-order valence-electron chi connectivity index (χ1n) is 10.4. The van der Waals surface area contributed by atoms with Gasteiger partial charge in [-0.3, -0.25) is 0 Å². The van der Waals surface area contributed by atoms with Gasteiger partial charge in [-0.25, -0.2) is 23.4 Å². The number of ether oxygens (including phenoxy) is 1. The first-order valence-corrected chi connectivity index (χ1v) is 12.8. The molecule has 32 heavy (non-hydrogen) atoms. The van der Waals surface area contributed by atoms with Crippen LogP contribution in [0.5, 0.6) is 5.75 Å². The van der Waals surface area contributed by atoms with E-state index in [4.69, 9.17) is 9.72 Å². The molecular weight excluding hydrogens is 446 g/mol. The van der Waals surface area contributed by atoms with Crippen LogP contribution >= 0.6 is 11.3 Å². The second-order valence-corrected chi connectivity index (χ2v) is 10.6. The second-order valence-electron chi connectivity index (χ2n) is 7.81. The van der Waals surface area contributed by atoms with Crippen LogP contribution in [-0.4, -0.2) is 61.0 Å². The van der Waals surface area contributed by atoms with Crippen LogP contribution in [0.2, 0.25) is 0 Å². The summed E-state index contributed by atoms with van der Waals surface area (Å²) >= 11 is 1.60. The lowest BCUT2D eigenvalue weighted by molar-refractivity contribution is 0.384. The number of sulfonamides is 1. The van der Waals surface area contributed by atoms with Crippen molar-refractivity contribution in [3.8, 4) is 5.75 Å². The average molecular weight is 474 g/mol. The monoisotopic (exact) mass is 473 g/mol. The van der Waals surface area contributed by atoms with Crippen LogP contribution in [0, 0.1) is 13.8 Å². The standard InChI is InChI=1S/C22H27N5O3S2/c1-15(18-5-7-19(30-4)8-6-18)20-14-31-22(25-20)26-9-11-27(12-10-26)32(28,29)21-13-23-17(3)24-16(21)2/h5-8,13-15H,9-12H2,1-4H3. The van der Waals surface area contributed by atoms with E-state index in [1.165, 1.54) is 16.1 Å². The van der Waals surface area contributed by atoms with Gasteiger partial charge in [0.15, 0.2) is 5.13 Å². The van der Waals surface area contributed by atoms with Crippen LogP contribution in [0.3, 0.4) is 0 Å². The van der Waals surface area contributed by atoms with Crippen molar-refractivity contribution < 1.29 is 13.2 Å². The smallest absolute Gasteiger partial charge is 0.246 e. The maximum absolute atomic E-state index is 13.1. The summed E-state index contributed by atoms with van der Waals surface area (Å²) in [5.41, 5.74) is 2.67. The Morgan fingerprint density at radius 3 is 2.38 bits per heavy atom. The molecule has 0 radical (unpaired) electrons. The third-order valence-electron chi connectivity index (χ3n) is 5.75.